The lowest BCUT2D eigenvalue weighted by molar-refractivity contribution is -0.136. The van der Waals surface area contributed by atoms with Crippen molar-refractivity contribution in [3.05, 3.63) is 41.9 Å². The van der Waals surface area contributed by atoms with Crippen LogP contribution in [0.5, 0.6) is 0 Å². The van der Waals surface area contributed by atoms with Crippen LogP contribution in [-0.2, 0) is 14.4 Å². The van der Waals surface area contributed by atoms with Crippen LogP contribution >= 0.6 is 11.6 Å². The van der Waals surface area contributed by atoms with Crippen LogP contribution in [-0.4, -0.2) is 47.8 Å². The number of rotatable bonds is 4. The van der Waals surface area contributed by atoms with E-state index in [0.29, 0.717) is 31.0 Å². The number of carbonyl (C=O) groups is 3. The first-order valence-corrected chi connectivity index (χ1v) is 8.69. The highest BCUT2D eigenvalue weighted by molar-refractivity contribution is 6.31. The Hall–Kier alpha value is -2.34. The van der Waals surface area contributed by atoms with Crippen molar-refractivity contribution in [1.29, 1.82) is 0 Å². The molecule has 7 heteroatoms. The highest BCUT2D eigenvalue weighted by atomic mass is 35.5. The second-order valence-electron chi connectivity index (χ2n) is 6.21. The predicted octanol–water partition coefficient (Wildman–Crippen LogP) is 1.74. The third kappa shape index (κ3) is 3.54. The molecule has 0 bridgehead atoms. The SMILES string of the molecule is C=CC(=O)N1CCCC1C(=O)NC1CCN(c2cccc(Cl)c2)C1=O. The number of carbonyl (C=O) groups excluding carboxylic acids is 3. The maximum atomic E-state index is 12.6. The molecule has 2 unspecified atom stereocenters. The van der Waals surface area contributed by atoms with E-state index in [1.165, 1.54) is 11.0 Å². The minimum absolute atomic E-state index is 0.157. The zero-order chi connectivity index (χ0) is 18.0. The summed E-state index contributed by atoms with van der Waals surface area (Å²) in [6.45, 7) is 4.53. The van der Waals surface area contributed by atoms with Crippen molar-refractivity contribution in [3.63, 3.8) is 0 Å². The molecule has 2 aliphatic rings. The van der Waals surface area contributed by atoms with Gasteiger partial charge in [-0.15, -0.1) is 0 Å². The molecule has 3 rings (SSSR count). The molecule has 2 fully saturated rings. The van der Waals surface area contributed by atoms with Gasteiger partial charge in [0.25, 0.3) is 0 Å². The minimum atomic E-state index is -0.576. The van der Waals surface area contributed by atoms with Gasteiger partial charge < -0.3 is 15.1 Å². The molecule has 2 aliphatic heterocycles. The van der Waals surface area contributed by atoms with Crippen molar-refractivity contribution < 1.29 is 14.4 Å². The number of halogens is 1. The smallest absolute Gasteiger partial charge is 0.249 e. The van der Waals surface area contributed by atoms with Crippen molar-refractivity contribution >= 4 is 35.0 Å². The Morgan fingerprint density at radius 3 is 2.80 bits per heavy atom. The number of nitrogens with one attached hydrogen (secondary N) is 1. The van der Waals surface area contributed by atoms with Crippen LogP contribution in [0, 0.1) is 0 Å². The van der Waals surface area contributed by atoms with Gasteiger partial charge in [-0.25, -0.2) is 0 Å². The summed E-state index contributed by atoms with van der Waals surface area (Å²) in [5.74, 6) is -0.690. The van der Waals surface area contributed by atoms with Crippen LogP contribution in [0.3, 0.4) is 0 Å². The molecule has 1 N–H and O–H groups in total. The van der Waals surface area contributed by atoms with Gasteiger partial charge >= 0.3 is 0 Å². The lowest BCUT2D eigenvalue weighted by atomic mass is 10.1. The maximum Gasteiger partial charge on any atom is 0.249 e. The molecule has 2 heterocycles. The molecule has 0 aromatic heterocycles. The van der Waals surface area contributed by atoms with Gasteiger partial charge in [0, 0.05) is 23.8 Å². The van der Waals surface area contributed by atoms with Crippen LogP contribution in [0.4, 0.5) is 5.69 Å². The topological polar surface area (TPSA) is 69.7 Å². The Bertz CT molecular complexity index is 721. The number of amides is 3. The Labute approximate surface area is 151 Å². The summed E-state index contributed by atoms with van der Waals surface area (Å²) in [7, 11) is 0. The number of benzene rings is 1. The summed E-state index contributed by atoms with van der Waals surface area (Å²) in [6.07, 6.45) is 3.11. The Morgan fingerprint density at radius 1 is 1.28 bits per heavy atom. The van der Waals surface area contributed by atoms with Gasteiger partial charge in [-0.3, -0.25) is 14.4 Å². The summed E-state index contributed by atoms with van der Waals surface area (Å²) in [5, 5.41) is 3.36. The molecule has 3 amide bonds. The zero-order valence-corrected chi connectivity index (χ0v) is 14.5. The summed E-state index contributed by atoms with van der Waals surface area (Å²) >= 11 is 5.98. The quantitative estimate of drug-likeness (QED) is 0.830. The van der Waals surface area contributed by atoms with Crippen molar-refractivity contribution in [2.75, 3.05) is 18.0 Å². The van der Waals surface area contributed by atoms with E-state index in [1.54, 1.807) is 23.1 Å². The van der Waals surface area contributed by atoms with Gasteiger partial charge in [0.2, 0.25) is 17.7 Å². The minimum Gasteiger partial charge on any atom is -0.342 e. The molecule has 6 nitrogen and oxygen atoms in total. The molecular formula is C18H20ClN3O3. The average molecular weight is 362 g/mol. The Morgan fingerprint density at radius 2 is 2.08 bits per heavy atom. The molecule has 2 saturated heterocycles. The number of anilines is 1. The number of nitrogens with zero attached hydrogens (tertiary/aromatic N) is 2. The van der Waals surface area contributed by atoms with Gasteiger partial charge in [0.05, 0.1) is 0 Å². The van der Waals surface area contributed by atoms with E-state index in [9.17, 15) is 14.4 Å². The van der Waals surface area contributed by atoms with Gasteiger partial charge in [-0.05, 0) is 43.5 Å². The third-order valence-corrected chi connectivity index (χ3v) is 4.89. The van der Waals surface area contributed by atoms with E-state index < -0.39 is 12.1 Å². The normalized spacial score (nSPS) is 23.0. The number of likely N-dealkylation sites (tertiary alicyclic amines) is 1. The van der Waals surface area contributed by atoms with Crippen molar-refractivity contribution in [3.8, 4) is 0 Å². The first-order chi connectivity index (χ1) is 12.0. The van der Waals surface area contributed by atoms with E-state index in [1.807, 2.05) is 6.07 Å². The first kappa shape index (κ1) is 17.5. The van der Waals surface area contributed by atoms with E-state index in [-0.39, 0.29) is 17.7 Å². The maximum absolute atomic E-state index is 12.6. The molecule has 0 spiro atoms. The van der Waals surface area contributed by atoms with Gasteiger partial charge in [-0.2, -0.15) is 0 Å². The molecule has 1 aromatic carbocycles. The first-order valence-electron chi connectivity index (χ1n) is 8.31. The fourth-order valence-electron chi connectivity index (χ4n) is 3.40. The fraction of sp³-hybridized carbons (Fsp3) is 0.389. The highest BCUT2D eigenvalue weighted by Gasteiger charge is 2.38. The zero-order valence-electron chi connectivity index (χ0n) is 13.8. The van der Waals surface area contributed by atoms with E-state index in [4.69, 9.17) is 11.6 Å². The largest absolute Gasteiger partial charge is 0.342 e. The summed E-state index contributed by atoms with van der Waals surface area (Å²) in [4.78, 5) is 40.1. The lowest BCUT2D eigenvalue weighted by Gasteiger charge is -2.24. The van der Waals surface area contributed by atoms with Crippen LogP contribution in [0.1, 0.15) is 19.3 Å². The molecule has 25 heavy (non-hydrogen) atoms. The second kappa shape index (κ2) is 7.27. The van der Waals surface area contributed by atoms with Gasteiger partial charge in [0.15, 0.2) is 0 Å². The van der Waals surface area contributed by atoms with Crippen molar-refractivity contribution in [1.82, 2.24) is 10.2 Å². The van der Waals surface area contributed by atoms with E-state index in [2.05, 4.69) is 11.9 Å². The lowest BCUT2D eigenvalue weighted by Crippen LogP contribution is -2.50. The summed E-state index contributed by atoms with van der Waals surface area (Å²) in [5.41, 5.74) is 0.721. The highest BCUT2D eigenvalue weighted by Crippen LogP contribution is 2.25. The van der Waals surface area contributed by atoms with Crippen LogP contribution in [0.25, 0.3) is 0 Å². The molecule has 1 aromatic rings. The fourth-order valence-corrected chi connectivity index (χ4v) is 3.59. The van der Waals surface area contributed by atoms with E-state index >= 15 is 0 Å². The average Bonchev–Trinajstić information content (AvgIpc) is 3.22. The molecule has 132 valence electrons. The summed E-state index contributed by atoms with van der Waals surface area (Å²) < 4.78 is 0. The Kier molecular flexibility index (Phi) is 5.08. The van der Waals surface area contributed by atoms with Crippen LogP contribution in [0.15, 0.2) is 36.9 Å². The third-order valence-electron chi connectivity index (χ3n) is 4.66. The predicted molar refractivity (Wildman–Crippen MR) is 95.3 cm³/mol. The second-order valence-corrected chi connectivity index (χ2v) is 6.65. The standard InChI is InChI=1S/C18H20ClN3O3/c1-2-16(23)22-9-4-7-15(22)17(24)20-14-8-10-21(18(14)25)13-6-3-5-12(19)11-13/h2-3,5-6,11,14-15H,1,4,7-10H2,(H,20,24). The number of hydrogen-bond acceptors (Lipinski definition) is 3. The molecule has 2 atom stereocenters. The van der Waals surface area contributed by atoms with Gasteiger partial charge in [-0.1, -0.05) is 24.2 Å². The Balaban J connectivity index is 1.66. The van der Waals surface area contributed by atoms with Gasteiger partial charge in [0.1, 0.15) is 12.1 Å². The van der Waals surface area contributed by atoms with Crippen molar-refractivity contribution in [2.45, 2.75) is 31.3 Å². The van der Waals surface area contributed by atoms with Crippen molar-refractivity contribution in [2.24, 2.45) is 0 Å². The molecule has 0 aliphatic carbocycles. The number of hydrogen-bond donors (Lipinski definition) is 1. The monoisotopic (exact) mass is 361 g/mol. The molecular weight excluding hydrogens is 342 g/mol. The van der Waals surface area contributed by atoms with Crippen LogP contribution < -0.4 is 10.2 Å². The van der Waals surface area contributed by atoms with E-state index in [0.717, 1.165) is 12.1 Å². The molecule has 0 saturated carbocycles. The van der Waals surface area contributed by atoms with Crippen LogP contribution in [0.2, 0.25) is 5.02 Å². The summed E-state index contributed by atoms with van der Waals surface area (Å²) in [6, 6.07) is 5.97. The molecule has 0 radical (unpaired) electrons.